The Hall–Kier alpha value is -0.650. The smallest absolute Gasteiger partial charge is 0.269 e. The van der Waals surface area contributed by atoms with Crippen LogP contribution in [0.15, 0.2) is 30.3 Å². The molecule has 0 saturated heterocycles. The van der Waals surface area contributed by atoms with Crippen molar-refractivity contribution in [2.24, 2.45) is 5.50 Å². The molecule has 1 aromatic rings. The van der Waals surface area contributed by atoms with Crippen molar-refractivity contribution in [2.75, 3.05) is 0 Å². The number of rotatable bonds is 3. The second-order valence-electron chi connectivity index (χ2n) is 2.76. The normalized spacial score (nSPS) is 14.0. The van der Waals surface area contributed by atoms with E-state index in [4.69, 9.17) is 22.6 Å². The standard InChI is InChI=1S/C8H9N2O2PS2/c9-13(12,15)10-8(11)7(14)6-4-2-1-3-5-6/h1-5H,(H4,9,10,11,12,15). The lowest BCUT2D eigenvalue weighted by molar-refractivity contribution is -0.113. The summed E-state index contributed by atoms with van der Waals surface area (Å²) in [6, 6.07) is 8.71. The maximum absolute atomic E-state index is 11.4. The zero-order valence-corrected chi connectivity index (χ0v) is 10.1. The first-order valence-corrected chi connectivity index (χ1v) is 7.17. The molecule has 0 heterocycles. The third kappa shape index (κ3) is 4.15. The minimum absolute atomic E-state index is 0.0596. The van der Waals surface area contributed by atoms with Crippen molar-refractivity contribution in [1.29, 1.82) is 0 Å². The van der Waals surface area contributed by atoms with Crippen LogP contribution in [0, 0.1) is 0 Å². The van der Waals surface area contributed by atoms with Crippen molar-refractivity contribution in [3.63, 3.8) is 0 Å². The molecule has 1 amide bonds. The van der Waals surface area contributed by atoms with Gasteiger partial charge < -0.3 is 4.89 Å². The average Bonchev–Trinajstić information content (AvgIpc) is 2.15. The van der Waals surface area contributed by atoms with Gasteiger partial charge in [-0.15, -0.1) is 0 Å². The fraction of sp³-hybridized carbons (Fsp3) is 0. The lowest BCUT2D eigenvalue weighted by Crippen LogP contribution is -2.30. The summed E-state index contributed by atoms with van der Waals surface area (Å²) in [6.45, 7) is -3.25. The summed E-state index contributed by atoms with van der Waals surface area (Å²) < 4.78 is 0. The van der Waals surface area contributed by atoms with Crippen molar-refractivity contribution in [1.82, 2.24) is 5.09 Å². The van der Waals surface area contributed by atoms with Crippen LogP contribution in [0.2, 0.25) is 0 Å². The van der Waals surface area contributed by atoms with Gasteiger partial charge in [-0.25, -0.2) is 0 Å². The van der Waals surface area contributed by atoms with Crippen LogP contribution >= 0.6 is 18.8 Å². The molecule has 0 fully saturated rings. The minimum Gasteiger partial charge on any atom is -0.339 e. The molecular formula is C8H9N2O2PS2. The molecule has 0 aromatic heterocycles. The number of nitrogens with two attached hydrogens (primary N) is 1. The van der Waals surface area contributed by atoms with E-state index in [0.29, 0.717) is 5.56 Å². The molecule has 1 rings (SSSR count). The summed E-state index contributed by atoms with van der Waals surface area (Å²) >= 11 is 9.39. The van der Waals surface area contributed by atoms with Crippen LogP contribution < -0.4 is 10.6 Å². The Morgan fingerprint density at radius 3 is 2.40 bits per heavy atom. The molecule has 1 aromatic carbocycles. The van der Waals surface area contributed by atoms with Crippen LogP contribution in [-0.4, -0.2) is 15.7 Å². The molecule has 0 aliphatic rings. The number of hydrogen-bond donors (Lipinski definition) is 3. The van der Waals surface area contributed by atoms with Crippen molar-refractivity contribution in [2.45, 2.75) is 0 Å². The second-order valence-corrected chi connectivity index (χ2v) is 6.31. The van der Waals surface area contributed by atoms with E-state index < -0.39 is 12.5 Å². The Bertz CT molecular complexity index is 430. The summed E-state index contributed by atoms with van der Waals surface area (Å²) in [4.78, 5) is 20.6. The van der Waals surface area contributed by atoms with Gasteiger partial charge in [0.05, 0.1) is 0 Å². The molecule has 0 spiro atoms. The van der Waals surface area contributed by atoms with Crippen LogP contribution in [0.4, 0.5) is 0 Å². The summed E-state index contributed by atoms with van der Waals surface area (Å²) in [5.41, 5.74) is 5.73. The lowest BCUT2D eigenvalue weighted by atomic mass is 10.1. The van der Waals surface area contributed by atoms with E-state index in [1.165, 1.54) is 0 Å². The van der Waals surface area contributed by atoms with Crippen LogP contribution in [0.3, 0.4) is 0 Å². The van der Waals surface area contributed by atoms with E-state index in [1.54, 1.807) is 24.3 Å². The number of thiocarbonyl (C=S) groups is 1. The average molecular weight is 260 g/mol. The Morgan fingerprint density at radius 2 is 1.93 bits per heavy atom. The zero-order chi connectivity index (χ0) is 11.5. The number of benzene rings is 1. The molecule has 80 valence electrons. The predicted molar refractivity (Wildman–Crippen MR) is 67.0 cm³/mol. The molecule has 0 radical (unpaired) electrons. The maximum Gasteiger partial charge on any atom is 0.269 e. The predicted octanol–water partition coefficient (Wildman–Crippen LogP) is 0.696. The topological polar surface area (TPSA) is 75.3 Å². The van der Waals surface area contributed by atoms with Crippen molar-refractivity contribution >= 4 is 41.4 Å². The molecule has 7 heteroatoms. The van der Waals surface area contributed by atoms with Gasteiger partial charge in [-0.05, 0) is 17.4 Å². The van der Waals surface area contributed by atoms with Gasteiger partial charge in [0.25, 0.3) is 5.91 Å². The van der Waals surface area contributed by atoms with Crippen molar-refractivity contribution < 1.29 is 9.69 Å². The third-order valence-electron chi connectivity index (χ3n) is 1.50. The second kappa shape index (κ2) is 4.92. The van der Waals surface area contributed by atoms with Gasteiger partial charge in [-0.1, -0.05) is 42.5 Å². The maximum atomic E-state index is 11.4. The van der Waals surface area contributed by atoms with E-state index >= 15 is 0 Å². The first kappa shape index (κ1) is 12.4. The Balaban J connectivity index is 2.79. The van der Waals surface area contributed by atoms with Gasteiger partial charge >= 0.3 is 0 Å². The quantitative estimate of drug-likeness (QED) is 0.424. The molecule has 0 aliphatic carbocycles. The Morgan fingerprint density at radius 1 is 1.40 bits per heavy atom. The monoisotopic (exact) mass is 260 g/mol. The van der Waals surface area contributed by atoms with E-state index in [1.807, 2.05) is 6.07 Å². The Labute approximate surface area is 97.7 Å². The molecule has 4 nitrogen and oxygen atoms in total. The van der Waals surface area contributed by atoms with E-state index in [-0.39, 0.29) is 4.86 Å². The van der Waals surface area contributed by atoms with Crippen molar-refractivity contribution in [3.8, 4) is 0 Å². The van der Waals surface area contributed by atoms with Gasteiger partial charge in [0.2, 0.25) is 6.57 Å². The highest BCUT2D eigenvalue weighted by molar-refractivity contribution is 8.10. The van der Waals surface area contributed by atoms with Gasteiger partial charge in [0.1, 0.15) is 4.86 Å². The first-order valence-electron chi connectivity index (χ1n) is 3.93. The number of amides is 1. The van der Waals surface area contributed by atoms with Crippen LogP contribution in [0.5, 0.6) is 0 Å². The third-order valence-corrected chi connectivity index (χ3v) is 2.72. The fourth-order valence-corrected chi connectivity index (χ4v) is 1.83. The summed E-state index contributed by atoms with van der Waals surface area (Å²) in [6.07, 6.45) is 0. The molecule has 0 saturated carbocycles. The molecule has 1 atom stereocenters. The highest BCUT2D eigenvalue weighted by Gasteiger charge is 2.16. The molecule has 15 heavy (non-hydrogen) atoms. The summed E-state index contributed by atoms with van der Waals surface area (Å²) in [5.74, 6) is -0.621. The van der Waals surface area contributed by atoms with Gasteiger partial charge in [0, 0.05) is 0 Å². The van der Waals surface area contributed by atoms with E-state index in [0.717, 1.165) is 0 Å². The van der Waals surface area contributed by atoms with Crippen LogP contribution in [0.1, 0.15) is 5.56 Å². The number of carbonyl (C=O) groups excluding carboxylic acids is 1. The highest BCUT2D eigenvalue weighted by atomic mass is 32.4. The Kier molecular flexibility index (Phi) is 4.07. The van der Waals surface area contributed by atoms with Gasteiger partial charge in [-0.3, -0.25) is 15.4 Å². The summed E-state index contributed by atoms with van der Waals surface area (Å²) in [7, 11) is 0. The number of hydrogen-bond acceptors (Lipinski definition) is 3. The van der Waals surface area contributed by atoms with Gasteiger partial charge in [-0.2, -0.15) is 0 Å². The van der Waals surface area contributed by atoms with Crippen molar-refractivity contribution in [3.05, 3.63) is 35.9 Å². The zero-order valence-electron chi connectivity index (χ0n) is 7.58. The molecule has 0 aliphatic heterocycles. The SMILES string of the molecule is NP(O)(=S)NC(=O)C(=S)c1ccccc1. The largest absolute Gasteiger partial charge is 0.339 e. The fourth-order valence-electron chi connectivity index (χ4n) is 0.917. The van der Waals surface area contributed by atoms with E-state index in [9.17, 15) is 4.79 Å². The number of nitrogens with one attached hydrogen (secondary N) is 1. The molecule has 1 unspecified atom stereocenters. The van der Waals surface area contributed by atoms with Crippen LogP contribution in [0.25, 0.3) is 0 Å². The first-order chi connectivity index (χ1) is 6.90. The summed E-state index contributed by atoms with van der Waals surface area (Å²) in [5, 5.41) is 2.10. The van der Waals surface area contributed by atoms with Crippen LogP contribution in [-0.2, 0) is 16.6 Å². The van der Waals surface area contributed by atoms with E-state index in [2.05, 4.69) is 16.9 Å². The lowest BCUT2D eigenvalue weighted by Gasteiger charge is -2.11. The molecular weight excluding hydrogens is 251 g/mol. The minimum atomic E-state index is -3.25. The molecule has 4 N–H and O–H groups in total. The van der Waals surface area contributed by atoms with Gasteiger partial charge in [0.15, 0.2) is 0 Å². The molecule has 0 bridgehead atoms. The number of carbonyl (C=O) groups is 1. The highest BCUT2D eigenvalue weighted by Crippen LogP contribution is 2.23.